The fraction of sp³-hybridized carbons (Fsp3) is 0.133. The molecule has 0 spiro atoms. The van der Waals surface area contributed by atoms with Gasteiger partial charge in [0.05, 0.1) is 0 Å². The summed E-state index contributed by atoms with van der Waals surface area (Å²) in [6, 6.07) is 11.2. The number of nitrogens with one attached hydrogen (secondary N) is 1. The second-order valence-corrected chi connectivity index (χ2v) is 5.69. The third kappa shape index (κ3) is 3.11. The number of para-hydroxylation sites is 1. The van der Waals surface area contributed by atoms with Crippen LogP contribution in [-0.4, -0.2) is 16.1 Å². The molecule has 2 aromatic carbocycles. The van der Waals surface area contributed by atoms with Crippen molar-refractivity contribution in [1.29, 1.82) is 0 Å². The Morgan fingerprint density at radius 3 is 2.29 bits per heavy atom. The van der Waals surface area contributed by atoms with E-state index in [2.05, 4.69) is 21.2 Å². The molecule has 1 amide bonds. The van der Waals surface area contributed by atoms with E-state index in [1.54, 1.807) is 13.0 Å². The highest BCUT2D eigenvalue weighted by Crippen LogP contribution is 2.33. The predicted molar refractivity (Wildman–Crippen MR) is 84.1 cm³/mol. The van der Waals surface area contributed by atoms with Crippen molar-refractivity contribution in [1.82, 2.24) is 0 Å². The lowest BCUT2D eigenvalue weighted by Gasteiger charge is -2.30. The molecule has 2 rings (SSSR count). The number of rotatable bonds is 4. The Balaban J connectivity index is 2.50. The van der Waals surface area contributed by atoms with Crippen LogP contribution >= 0.6 is 15.9 Å². The van der Waals surface area contributed by atoms with Crippen LogP contribution in [-0.2, 0) is 10.3 Å². The lowest BCUT2D eigenvalue weighted by molar-refractivity contribution is -0.122. The molecule has 1 unspecified atom stereocenters. The molecule has 0 fully saturated rings. The Bertz CT molecular complexity index is 670. The van der Waals surface area contributed by atoms with Gasteiger partial charge in [-0.25, -0.2) is 0 Å². The van der Waals surface area contributed by atoms with Crippen LogP contribution < -0.4 is 11.1 Å². The molecule has 0 aliphatic rings. The van der Waals surface area contributed by atoms with E-state index in [4.69, 9.17) is 5.73 Å². The van der Waals surface area contributed by atoms with Crippen molar-refractivity contribution >= 4 is 27.5 Å². The highest BCUT2D eigenvalue weighted by molar-refractivity contribution is 9.10. The van der Waals surface area contributed by atoms with Gasteiger partial charge in [-0.05, 0) is 52.7 Å². The largest absolute Gasteiger partial charge is 0.508 e. The van der Waals surface area contributed by atoms with Crippen LogP contribution in [0.3, 0.4) is 0 Å². The number of aromatic hydroxyl groups is 2. The van der Waals surface area contributed by atoms with Crippen LogP contribution in [0.5, 0.6) is 11.5 Å². The molecular formula is C15H15BrN2O3. The molecule has 5 N–H and O–H groups in total. The number of hydrogen-bond acceptors (Lipinski definition) is 4. The van der Waals surface area contributed by atoms with E-state index in [9.17, 15) is 15.0 Å². The van der Waals surface area contributed by atoms with Gasteiger partial charge in [0.15, 0.2) is 0 Å². The molecule has 1 atom stereocenters. The van der Waals surface area contributed by atoms with E-state index >= 15 is 0 Å². The number of carbonyl (C=O) groups excluding carboxylic acids is 1. The van der Waals surface area contributed by atoms with Crippen molar-refractivity contribution in [2.75, 3.05) is 5.32 Å². The van der Waals surface area contributed by atoms with E-state index in [0.717, 1.165) is 4.47 Å². The lowest BCUT2D eigenvalue weighted by Crippen LogP contribution is -2.45. The first-order valence-corrected chi connectivity index (χ1v) is 6.98. The number of hydrogen-bond donors (Lipinski definition) is 4. The van der Waals surface area contributed by atoms with Crippen molar-refractivity contribution in [3.8, 4) is 11.5 Å². The average Bonchev–Trinajstić information content (AvgIpc) is 2.40. The topological polar surface area (TPSA) is 95.6 Å². The standard InChI is InChI=1S/C15H15BrN2O3/c1-15(14(17)21,9-6-10(19)8-11(20)7-9)18-13-5-3-2-4-12(13)16/h2-8,18-20H,1H3,(H2,17,21). The summed E-state index contributed by atoms with van der Waals surface area (Å²) in [5.41, 5.74) is 5.26. The highest BCUT2D eigenvalue weighted by Gasteiger charge is 2.34. The number of amides is 1. The van der Waals surface area contributed by atoms with Crippen molar-refractivity contribution in [2.24, 2.45) is 5.73 Å². The Hall–Kier alpha value is -2.21. The van der Waals surface area contributed by atoms with Crippen LogP contribution in [0, 0.1) is 0 Å². The SMILES string of the molecule is CC(Nc1ccccc1Br)(C(N)=O)c1cc(O)cc(O)c1. The first kappa shape index (κ1) is 15.2. The summed E-state index contributed by atoms with van der Waals surface area (Å²) in [6.07, 6.45) is 0. The van der Waals surface area contributed by atoms with Gasteiger partial charge < -0.3 is 21.3 Å². The van der Waals surface area contributed by atoms with E-state index in [0.29, 0.717) is 11.3 Å². The maximum atomic E-state index is 11.9. The van der Waals surface area contributed by atoms with E-state index in [1.807, 2.05) is 18.2 Å². The number of halogens is 1. The van der Waals surface area contributed by atoms with Gasteiger partial charge in [-0.15, -0.1) is 0 Å². The molecule has 0 radical (unpaired) electrons. The second kappa shape index (κ2) is 5.65. The van der Waals surface area contributed by atoms with Crippen LogP contribution in [0.2, 0.25) is 0 Å². The minimum atomic E-state index is -1.29. The van der Waals surface area contributed by atoms with Gasteiger partial charge in [0.1, 0.15) is 17.0 Å². The lowest BCUT2D eigenvalue weighted by atomic mass is 9.90. The normalized spacial score (nSPS) is 13.4. The quantitative estimate of drug-likeness (QED) is 0.681. The van der Waals surface area contributed by atoms with Crippen LogP contribution in [0.15, 0.2) is 46.9 Å². The van der Waals surface area contributed by atoms with Gasteiger partial charge in [0, 0.05) is 16.2 Å². The van der Waals surface area contributed by atoms with Gasteiger partial charge in [-0.3, -0.25) is 4.79 Å². The fourth-order valence-corrected chi connectivity index (χ4v) is 2.38. The van der Waals surface area contributed by atoms with Gasteiger partial charge in [0.25, 0.3) is 0 Å². The molecule has 0 aliphatic carbocycles. The molecule has 0 saturated heterocycles. The molecule has 0 aromatic heterocycles. The molecule has 5 nitrogen and oxygen atoms in total. The Morgan fingerprint density at radius 2 is 1.76 bits per heavy atom. The van der Waals surface area contributed by atoms with Crippen molar-refractivity contribution < 1.29 is 15.0 Å². The smallest absolute Gasteiger partial charge is 0.247 e. The summed E-state index contributed by atoms with van der Waals surface area (Å²) in [4.78, 5) is 11.9. The molecule has 110 valence electrons. The summed E-state index contributed by atoms with van der Waals surface area (Å²) in [6.45, 7) is 1.59. The van der Waals surface area contributed by atoms with Crippen LogP contribution in [0.4, 0.5) is 5.69 Å². The zero-order chi connectivity index (χ0) is 15.6. The van der Waals surface area contributed by atoms with E-state index in [-0.39, 0.29) is 11.5 Å². The van der Waals surface area contributed by atoms with E-state index < -0.39 is 11.4 Å². The molecule has 0 bridgehead atoms. The Labute approximate surface area is 130 Å². The minimum Gasteiger partial charge on any atom is -0.508 e. The average molecular weight is 351 g/mol. The van der Waals surface area contributed by atoms with Gasteiger partial charge in [-0.2, -0.15) is 0 Å². The number of carbonyl (C=O) groups is 1. The summed E-state index contributed by atoms with van der Waals surface area (Å²) in [7, 11) is 0. The summed E-state index contributed by atoms with van der Waals surface area (Å²) in [5, 5.41) is 22.3. The van der Waals surface area contributed by atoms with Gasteiger partial charge >= 0.3 is 0 Å². The summed E-state index contributed by atoms with van der Waals surface area (Å²) >= 11 is 3.39. The zero-order valence-corrected chi connectivity index (χ0v) is 12.9. The number of nitrogens with two attached hydrogens (primary N) is 1. The predicted octanol–water partition coefficient (Wildman–Crippen LogP) is 2.67. The third-order valence-electron chi connectivity index (χ3n) is 3.23. The Kier molecular flexibility index (Phi) is 4.09. The van der Waals surface area contributed by atoms with Gasteiger partial charge in [0.2, 0.25) is 5.91 Å². The van der Waals surface area contributed by atoms with Crippen molar-refractivity contribution in [3.05, 3.63) is 52.5 Å². The summed E-state index contributed by atoms with van der Waals surface area (Å²) < 4.78 is 0.766. The number of anilines is 1. The number of benzene rings is 2. The van der Waals surface area contributed by atoms with E-state index in [1.165, 1.54) is 18.2 Å². The molecule has 0 saturated carbocycles. The maximum Gasteiger partial charge on any atom is 0.247 e. The molecule has 0 aliphatic heterocycles. The molecule has 21 heavy (non-hydrogen) atoms. The third-order valence-corrected chi connectivity index (χ3v) is 3.92. The monoisotopic (exact) mass is 350 g/mol. The molecule has 0 heterocycles. The van der Waals surface area contributed by atoms with Crippen LogP contribution in [0.1, 0.15) is 12.5 Å². The van der Waals surface area contributed by atoms with Crippen molar-refractivity contribution in [3.63, 3.8) is 0 Å². The molecule has 6 heteroatoms. The molecular weight excluding hydrogens is 336 g/mol. The van der Waals surface area contributed by atoms with Crippen LogP contribution in [0.25, 0.3) is 0 Å². The second-order valence-electron chi connectivity index (χ2n) is 4.83. The number of primary amides is 1. The first-order chi connectivity index (χ1) is 9.83. The molecule has 2 aromatic rings. The van der Waals surface area contributed by atoms with Crippen molar-refractivity contribution in [2.45, 2.75) is 12.5 Å². The minimum absolute atomic E-state index is 0.147. The summed E-state index contributed by atoms with van der Waals surface area (Å²) in [5.74, 6) is -0.930. The highest BCUT2D eigenvalue weighted by atomic mass is 79.9. The zero-order valence-electron chi connectivity index (χ0n) is 11.3. The number of phenolic OH excluding ortho intramolecular Hbond substituents is 2. The Morgan fingerprint density at radius 1 is 1.19 bits per heavy atom. The first-order valence-electron chi connectivity index (χ1n) is 6.19. The van der Waals surface area contributed by atoms with Gasteiger partial charge in [-0.1, -0.05) is 12.1 Å². The number of phenols is 2. The fourth-order valence-electron chi connectivity index (χ4n) is 1.99. The maximum absolute atomic E-state index is 11.9.